The van der Waals surface area contributed by atoms with Crippen LogP contribution < -0.4 is 15.4 Å². The van der Waals surface area contributed by atoms with E-state index in [1.807, 2.05) is 65.5 Å². The van der Waals surface area contributed by atoms with Gasteiger partial charge in [-0.1, -0.05) is 12.1 Å². The average Bonchev–Trinajstić information content (AvgIpc) is 3.28. The number of aromatic nitrogens is 2. The molecule has 32 heavy (non-hydrogen) atoms. The van der Waals surface area contributed by atoms with Gasteiger partial charge in [-0.25, -0.2) is 4.68 Å². The molecule has 1 aromatic heterocycles. The second-order valence-electron chi connectivity index (χ2n) is 7.13. The second-order valence-corrected chi connectivity index (χ2v) is 7.13. The third-order valence-electron chi connectivity index (χ3n) is 4.71. The lowest BCUT2D eigenvalue weighted by atomic mass is 10.1. The molecule has 0 saturated carbocycles. The van der Waals surface area contributed by atoms with E-state index in [1.54, 1.807) is 33.2 Å². The molecule has 0 spiro atoms. The predicted molar refractivity (Wildman–Crippen MR) is 137 cm³/mol. The number of carbonyl (C=O) groups is 1. The minimum atomic E-state index is -0.00828. The number of amides is 1. The number of hydrogen-bond acceptors (Lipinski definition) is 4. The number of benzene rings is 2. The highest BCUT2D eigenvalue weighted by molar-refractivity contribution is 14.0. The van der Waals surface area contributed by atoms with Crippen molar-refractivity contribution in [3.63, 3.8) is 0 Å². The Balaban J connectivity index is 0.00000363. The number of carbonyl (C=O) groups excluding carboxylic acids is 1. The molecule has 170 valence electrons. The smallest absolute Gasteiger partial charge is 0.253 e. The molecule has 0 aliphatic rings. The van der Waals surface area contributed by atoms with E-state index in [0.717, 1.165) is 22.7 Å². The molecular weight excluding hydrogens is 519 g/mol. The second kappa shape index (κ2) is 12.1. The lowest BCUT2D eigenvalue weighted by molar-refractivity contribution is 0.0827. The van der Waals surface area contributed by atoms with E-state index < -0.39 is 0 Å². The Kier molecular flexibility index (Phi) is 9.51. The maximum absolute atomic E-state index is 12.0. The van der Waals surface area contributed by atoms with E-state index in [1.165, 1.54) is 0 Å². The molecule has 0 bridgehead atoms. The minimum Gasteiger partial charge on any atom is -0.497 e. The van der Waals surface area contributed by atoms with Crippen LogP contribution in [0.2, 0.25) is 0 Å². The standard InChI is InChI=1S/C23H28N6O2.HI/c1-24-23(25-15-17-5-7-18(8-6-17)22(30)28(2)3)26-16-19-13-14-29(27-19)20-9-11-21(31-4)12-10-20;/h5-14H,15-16H2,1-4H3,(H2,24,25,26);1H. The number of halogens is 1. The first-order valence-corrected chi connectivity index (χ1v) is 9.94. The first kappa shape index (κ1) is 25.2. The van der Waals surface area contributed by atoms with Gasteiger partial charge >= 0.3 is 0 Å². The van der Waals surface area contributed by atoms with E-state index in [2.05, 4.69) is 20.7 Å². The summed E-state index contributed by atoms with van der Waals surface area (Å²) in [6.45, 7) is 1.13. The van der Waals surface area contributed by atoms with E-state index in [0.29, 0.717) is 24.6 Å². The number of rotatable bonds is 7. The summed E-state index contributed by atoms with van der Waals surface area (Å²) < 4.78 is 7.01. The summed E-state index contributed by atoms with van der Waals surface area (Å²) >= 11 is 0. The summed E-state index contributed by atoms with van der Waals surface area (Å²) in [7, 11) is 6.86. The molecule has 0 radical (unpaired) electrons. The van der Waals surface area contributed by atoms with Gasteiger partial charge in [0, 0.05) is 39.4 Å². The zero-order chi connectivity index (χ0) is 22.2. The summed E-state index contributed by atoms with van der Waals surface area (Å²) in [6.07, 6.45) is 1.92. The highest BCUT2D eigenvalue weighted by Gasteiger charge is 2.08. The van der Waals surface area contributed by atoms with Crippen LogP contribution in [0.1, 0.15) is 21.6 Å². The maximum atomic E-state index is 12.0. The number of nitrogens with zero attached hydrogens (tertiary/aromatic N) is 4. The highest BCUT2D eigenvalue weighted by atomic mass is 127. The third-order valence-corrected chi connectivity index (χ3v) is 4.71. The molecule has 3 aromatic rings. The van der Waals surface area contributed by atoms with Crippen LogP contribution in [0.3, 0.4) is 0 Å². The number of guanidine groups is 1. The minimum absolute atomic E-state index is 0. The Bertz CT molecular complexity index is 1030. The molecular formula is C23H29IN6O2. The van der Waals surface area contributed by atoms with Gasteiger partial charge in [0.2, 0.25) is 0 Å². The van der Waals surface area contributed by atoms with Gasteiger partial charge in [0.05, 0.1) is 25.0 Å². The predicted octanol–water partition coefficient (Wildman–Crippen LogP) is 3.07. The molecule has 0 saturated heterocycles. The molecule has 0 aliphatic carbocycles. The Morgan fingerprint density at radius 3 is 2.28 bits per heavy atom. The van der Waals surface area contributed by atoms with Crippen LogP contribution in [0.4, 0.5) is 0 Å². The summed E-state index contributed by atoms with van der Waals surface area (Å²) in [6, 6.07) is 17.2. The molecule has 2 aromatic carbocycles. The number of hydrogen-bond donors (Lipinski definition) is 2. The summed E-state index contributed by atoms with van der Waals surface area (Å²) in [5.41, 5.74) is 3.59. The van der Waals surface area contributed by atoms with Gasteiger partial charge < -0.3 is 20.3 Å². The molecule has 0 fully saturated rings. The first-order valence-electron chi connectivity index (χ1n) is 9.94. The fraction of sp³-hybridized carbons (Fsp3) is 0.261. The van der Waals surface area contributed by atoms with Crippen molar-refractivity contribution in [2.45, 2.75) is 13.1 Å². The van der Waals surface area contributed by atoms with E-state index in [4.69, 9.17) is 4.74 Å². The van der Waals surface area contributed by atoms with Crippen LogP contribution in [0.15, 0.2) is 65.8 Å². The fourth-order valence-corrected chi connectivity index (χ4v) is 2.94. The van der Waals surface area contributed by atoms with Crippen LogP contribution >= 0.6 is 24.0 Å². The molecule has 3 rings (SSSR count). The van der Waals surface area contributed by atoms with Gasteiger partial charge in [-0.05, 0) is 48.0 Å². The van der Waals surface area contributed by atoms with Crippen LogP contribution in [-0.2, 0) is 13.1 Å². The van der Waals surface area contributed by atoms with Crippen molar-refractivity contribution in [2.24, 2.45) is 4.99 Å². The number of nitrogens with one attached hydrogen (secondary N) is 2. The maximum Gasteiger partial charge on any atom is 0.253 e. The zero-order valence-electron chi connectivity index (χ0n) is 18.7. The SMILES string of the molecule is CN=C(NCc1ccc(C(=O)N(C)C)cc1)NCc1ccn(-c2ccc(OC)cc2)n1.I. The quantitative estimate of drug-likeness (QED) is 0.270. The monoisotopic (exact) mass is 548 g/mol. The Hall–Kier alpha value is -3.08. The number of ether oxygens (including phenoxy) is 1. The van der Waals surface area contributed by atoms with Crippen molar-refractivity contribution in [1.29, 1.82) is 0 Å². The third kappa shape index (κ3) is 6.71. The Labute approximate surface area is 205 Å². The van der Waals surface area contributed by atoms with E-state index in [9.17, 15) is 4.79 Å². The van der Waals surface area contributed by atoms with Gasteiger partial charge in [-0.2, -0.15) is 5.10 Å². The van der Waals surface area contributed by atoms with E-state index in [-0.39, 0.29) is 29.9 Å². The van der Waals surface area contributed by atoms with Crippen LogP contribution in [-0.4, -0.2) is 54.8 Å². The number of methoxy groups -OCH3 is 1. The van der Waals surface area contributed by atoms with Crippen LogP contribution in [0, 0.1) is 0 Å². The Morgan fingerprint density at radius 1 is 1.03 bits per heavy atom. The zero-order valence-corrected chi connectivity index (χ0v) is 21.0. The normalized spacial score (nSPS) is 10.8. The molecule has 1 amide bonds. The van der Waals surface area contributed by atoms with Gasteiger partial charge in [0.1, 0.15) is 5.75 Å². The lowest BCUT2D eigenvalue weighted by Crippen LogP contribution is -2.36. The van der Waals surface area contributed by atoms with Crippen molar-refractivity contribution in [3.05, 3.63) is 77.6 Å². The topological polar surface area (TPSA) is 83.8 Å². The lowest BCUT2D eigenvalue weighted by Gasteiger charge is -2.12. The Morgan fingerprint density at radius 2 is 1.69 bits per heavy atom. The first-order chi connectivity index (χ1) is 15.0. The summed E-state index contributed by atoms with van der Waals surface area (Å²) in [5, 5.41) is 11.1. The van der Waals surface area contributed by atoms with Crippen LogP contribution in [0.5, 0.6) is 5.75 Å². The molecule has 2 N–H and O–H groups in total. The molecule has 1 heterocycles. The van der Waals surface area contributed by atoms with Crippen molar-refractivity contribution in [3.8, 4) is 11.4 Å². The van der Waals surface area contributed by atoms with Crippen molar-refractivity contribution in [1.82, 2.24) is 25.3 Å². The number of aliphatic imine (C=N–C) groups is 1. The molecule has 0 atom stereocenters. The summed E-state index contributed by atoms with van der Waals surface area (Å²) in [4.78, 5) is 17.8. The van der Waals surface area contributed by atoms with Crippen molar-refractivity contribution in [2.75, 3.05) is 28.3 Å². The largest absolute Gasteiger partial charge is 0.497 e. The van der Waals surface area contributed by atoms with Gasteiger partial charge in [0.25, 0.3) is 5.91 Å². The van der Waals surface area contributed by atoms with Gasteiger partial charge in [-0.15, -0.1) is 24.0 Å². The fourth-order valence-electron chi connectivity index (χ4n) is 2.94. The van der Waals surface area contributed by atoms with Crippen molar-refractivity contribution >= 4 is 35.8 Å². The molecule has 0 aliphatic heterocycles. The molecule has 9 heteroatoms. The highest BCUT2D eigenvalue weighted by Crippen LogP contribution is 2.14. The van der Waals surface area contributed by atoms with Crippen LogP contribution in [0.25, 0.3) is 5.69 Å². The van der Waals surface area contributed by atoms with Crippen molar-refractivity contribution < 1.29 is 9.53 Å². The van der Waals surface area contributed by atoms with E-state index >= 15 is 0 Å². The van der Waals surface area contributed by atoms with Gasteiger partial charge in [0.15, 0.2) is 5.96 Å². The van der Waals surface area contributed by atoms with Gasteiger partial charge in [-0.3, -0.25) is 9.79 Å². The molecule has 8 nitrogen and oxygen atoms in total. The average molecular weight is 548 g/mol. The summed E-state index contributed by atoms with van der Waals surface area (Å²) in [5.74, 6) is 1.48. The molecule has 0 unspecified atom stereocenters.